The van der Waals surface area contributed by atoms with Crippen molar-refractivity contribution >= 4 is 23.4 Å². The van der Waals surface area contributed by atoms with Crippen LogP contribution < -0.4 is 5.32 Å². The molecule has 0 atom stereocenters. The molecule has 1 N–H and O–H groups in total. The molecule has 0 unspecified atom stereocenters. The molecule has 28 heavy (non-hydrogen) atoms. The van der Waals surface area contributed by atoms with Crippen LogP contribution in [0.1, 0.15) is 30.4 Å². The largest absolute Gasteiger partial charge is 0.355 e. The van der Waals surface area contributed by atoms with Crippen molar-refractivity contribution in [2.24, 2.45) is 5.92 Å². The second-order valence-corrected chi connectivity index (χ2v) is 7.85. The summed E-state index contributed by atoms with van der Waals surface area (Å²) in [6.07, 6.45) is 3.72. The summed E-state index contributed by atoms with van der Waals surface area (Å²) in [5.74, 6) is 0.340. The third-order valence-electron chi connectivity index (χ3n) is 5.30. The predicted molar refractivity (Wildman–Crippen MR) is 112 cm³/mol. The van der Waals surface area contributed by atoms with Crippen LogP contribution >= 0.6 is 11.6 Å². The maximum absolute atomic E-state index is 12.4. The Morgan fingerprint density at radius 1 is 0.964 bits per heavy atom. The molecule has 2 aromatic rings. The highest BCUT2D eigenvalue weighted by molar-refractivity contribution is 6.30. The van der Waals surface area contributed by atoms with Crippen molar-refractivity contribution in [3.05, 3.63) is 70.7 Å². The summed E-state index contributed by atoms with van der Waals surface area (Å²) in [6, 6.07) is 18.0. The topological polar surface area (TPSA) is 49.4 Å². The molecular weight excluding hydrogens is 372 g/mol. The van der Waals surface area contributed by atoms with Gasteiger partial charge in [-0.1, -0.05) is 54.1 Å². The number of hydrogen-bond acceptors (Lipinski definition) is 2. The molecule has 1 fully saturated rings. The predicted octanol–water partition coefficient (Wildman–Crippen LogP) is 3.87. The van der Waals surface area contributed by atoms with E-state index in [0.29, 0.717) is 17.5 Å². The first-order chi connectivity index (χ1) is 13.6. The number of piperidine rings is 1. The number of carbonyl (C=O) groups is 2. The zero-order valence-electron chi connectivity index (χ0n) is 16.1. The van der Waals surface area contributed by atoms with Gasteiger partial charge >= 0.3 is 0 Å². The Kier molecular flexibility index (Phi) is 7.49. The standard InChI is InChI=1S/C23H27ClN2O2/c24-21-8-6-18(7-9-21)10-13-25-22(27)17-23(28)26-14-11-20(12-15-26)16-19-4-2-1-3-5-19/h1-9,20H,10-17H2,(H,25,27). The van der Waals surface area contributed by atoms with Gasteiger partial charge in [0.15, 0.2) is 0 Å². The molecule has 148 valence electrons. The monoisotopic (exact) mass is 398 g/mol. The average molecular weight is 399 g/mol. The van der Waals surface area contributed by atoms with Crippen LogP contribution in [-0.4, -0.2) is 36.3 Å². The second kappa shape index (κ2) is 10.3. The van der Waals surface area contributed by atoms with Crippen LogP contribution in [0.2, 0.25) is 5.02 Å². The van der Waals surface area contributed by atoms with Crippen molar-refractivity contribution in [1.29, 1.82) is 0 Å². The van der Waals surface area contributed by atoms with Gasteiger partial charge in [-0.25, -0.2) is 0 Å². The second-order valence-electron chi connectivity index (χ2n) is 7.42. The third kappa shape index (κ3) is 6.38. The van der Waals surface area contributed by atoms with Gasteiger partial charge in [-0.2, -0.15) is 0 Å². The minimum Gasteiger partial charge on any atom is -0.355 e. The number of likely N-dealkylation sites (tertiary alicyclic amines) is 1. The number of halogens is 1. The van der Waals surface area contributed by atoms with Gasteiger partial charge in [-0.3, -0.25) is 9.59 Å². The van der Waals surface area contributed by atoms with E-state index in [0.717, 1.165) is 44.3 Å². The summed E-state index contributed by atoms with van der Waals surface area (Å²) in [5, 5.41) is 3.54. The molecule has 0 aromatic heterocycles. The van der Waals surface area contributed by atoms with E-state index in [1.807, 2.05) is 35.2 Å². The summed E-state index contributed by atoms with van der Waals surface area (Å²) < 4.78 is 0. The average Bonchev–Trinajstić information content (AvgIpc) is 2.71. The van der Waals surface area contributed by atoms with Gasteiger partial charge in [0.05, 0.1) is 0 Å². The molecule has 0 radical (unpaired) electrons. The lowest BCUT2D eigenvalue weighted by molar-refractivity contribution is -0.137. The Labute approximate surface area is 171 Å². The molecule has 5 heteroatoms. The van der Waals surface area contributed by atoms with Crippen LogP contribution in [0.4, 0.5) is 0 Å². The quantitative estimate of drug-likeness (QED) is 0.720. The molecule has 0 bridgehead atoms. The van der Waals surface area contributed by atoms with Crippen molar-refractivity contribution < 1.29 is 9.59 Å². The van der Waals surface area contributed by atoms with Crippen LogP contribution in [0, 0.1) is 5.92 Å². The van der Waals surface area contributed by atoms with E-state index < -0.39 is 0 Å². The molecule has 0 saturated carbocycles. The summed E-state index contributed by atoms with van der Waals surface area (Å²) in [4.78, 5) is 26.3. The fraction of sp³-hybridized carbons (Fsp3) is 0.391. The molecule has 0 aliphatic carbocycles. The first kappa shape index (κ1) is 20.4. The number of benzene rings is 2. The van der Waals surface area contributed by atoms with E-state index in [-0.39, 0.29) is 18.2 Å². The highest BCUT2D eigenvalue weighted by Crippen LogP contribution is 2.22. The molecule has 2 aromatic carbocycles. The van der Waals surface area contributed by atoms with Gasteiger partial charge in [0.25, 0.3) is 0 Å². The van der Waals surface area contributed by atoms with Gasteiger partial charge in [0.2, 0.25) is 11.8 Å². The lowest BCUT2D eigenvalue weighted by atomic mass is 9.90. The SMILES string of the molecule is O=C(CC(=O)N1CCC(Cc2ccccc2)CC1)NCCc1ccc(Cl)cc1. The molecule has 3 rings (SSSR count). The number of nitrogens with one attached hydrogen (secondary N) is 1. The lowest BCUT2D eigenvalue weighted by Crippen LogP contribution is -2.41. The van der Waals surface area contributed by atoms with Crippen LogP contribution in [0.15, 0.2) is 54.6 Å². The van der Waals surface area contributed by atoms with Crippen molar-refractivity contribution in [3.63, 3.8) is 0 Å². The first-order valence-electron chi connectivity index (χ1n) is 9.93. The van der Waals surface area contributed by atoms with Gasteiger partial charge in [-0.05, 0) is 54.9 Å². The van der Waals surface area contributed by atoms with Gasteiger partial charge in [-0.15, -0.1) is 0 Å². The smallest absolute Gasteiger partial charge is 0.232 e. The molecule has 2 amide bonds. The molecular formula is C23H27ClN2O2. The molecule has 1 aliphatic rings. The van der Waals surface area contributed by atoms with Crippen LogP contribution in [0.5, 0.6) is 0 Å². The van der Waals surface area contributed by atoms with E-state index in [9.17, 15) is 9.59 Å². The Bertz CT molecular complexity index is 769. The third-order valence-corrected chi connectivity index (χ3v) is 5.55. The Morgan fingerprint density at radius 2 is 1.64 bits per heavy atom. The Hall–Kier alpha value is -2.33. The van der Waals surface area contributed by atoms with E-state index in [2.05, 4.69) is 29.6 Å². The normalized spacial score (nSPS) is 14.7. The van der Waals surface area contributed by atoms with Gasteiger partial charge in [0.1, 0.15) is 6.42 Å². The van der Waals surface area contributed by atoms with Crippen LogP contribution in [0.3, 0.4) is 0 Å². The minimum atomic E-state index is -0.203. The maximum Gasteiger partial charge on any atom is 0.232 e. The number of amides is 2. The summed E-state index contributed by atoms with van der Waals surface area (Å²) >= 11 is 5.86. The van der Waals surface area contributed by atoms with Crippen LogP contribution in [-0.2, 0) is 22.4 Å². The van der Waals surface area contributed by atoms with Crippen molar-refractivity contribution in [3.8, 4) is 0 Å². The number of hydrogen-bond donors (Lipinski definition) is 1. The van der Waals surface area contributed by atoms with Gasteiger partial charge in [0, 0.05) is 24.7 Å². The highest BCUT2D eigenvalue weighted by Gasteiger charge is 2.24. The van der Waals surface area contributed by atoms with Gasteiger partial charge < -0.3 is 10.2 Å². The summed E-state index contributed by atoms with van der Waals surface area (Å²) in [6.45, 7) is 2.01. The molecule has 4 nitrogen and oxygen atoms in total. The fourth-order valence-electron chi connectivity index (χ4n) is 3.64. The molecule has 0 spiro atoms. The van der Waals surface area contributed by atoms with Crippen molar-refractivity contribution in [2.75, 3.05) is 19.6 Å². The zero-order chi connectivity index (χ0) is 19.8. The highest BCUT2D eigenvalue weighted by atomic mass is 35.5. The Morgan fingerprint density at radius 3 is 2.32 bits per heavy atom. The summed E-state index contributed by atoms with van der Waals surface area (Å²) in [5.41, 5.74) is 2.46. The Balaban J connectivity index is 1.34. The molecule has 1 aliphatic heterocycles. The van der Waals surface area contributed by atoms with Crippen LogP contribution in [0.25, 0.3) is 0 Å². The van der Waals surface area contributed by atoms with Crippen molar-refractivity contribution in [1.82, 2.24) is 10.2 Å². The molecule has 1 saturated heterocycles. The van der Waals surface area contributed by atoms with E-state index in [1.54, 1.807) is 0 Å². The van der Waals surface area contributed by atoms with Crippen molar-refractivity contribution in [2.45, 2.75) is 32.1 Å². The number of rotatable bonds is 7. The number of carbonyl (C=O) groups excluding carboxylic acids is 2. The first-order valence-corrected chi connectivity index (χ1v) is 10.3. The maximum atomic E-state index is 12.4. The minimum absolute atomic E-state index is 0.0655. The lowest BCUT2D eigenvalue weighted by Gasteiger charge is -2.32. The molecule has 1 heterocycles. The fourth-order valence-corrected chi connectivity index (χ4v) is 3.77. The number of nitrogens with zero attached hydrogens (tertiary/aromatic N) is 1. The van der Waals surface area contributed by atoms with E-state index in [1.165, 1.54) is 5.56 Å². The zero-order valence-corrected chi connectivity index (χ0v) is 16.8. The summed E-state index contributed by atoms with van der Waals surface area (Å²) in [7, 11) is 0. The van der Waals surface area contributed by atoms with E-state index >= 15 is 0 Å². The van der Waals surface area contributed by atoms with E-state index in [4.69, 9.17) is 11.6 Å².